The van der Waals surface area contributed by atoms with E-state index in [1.807, 2.05) is 23.9 Å². The van der Waals surface area contributed by atoms with Crippen LogP contribution in [0.4, 0.5) is 0 Å². The van der Waals surface area contributed by atoms with Gasteiger partial charge in [0.15, 0.2) is 0 Å². The number of hydrogen-bond acceptors (Lipinski definition) is 3. The largest absolute Gasteiger partial charge is 0.302 e. The molecule has 2 nitrogen and oxygen atoms in total. The van der Waals surface area contributed by atoms with Crippen LogP contribution in [0.2, 0.25) is 5.15 Å². The Balaban J connectivity index is 2.40. The van der Waals surface area contributed by atoms with Crippen LogP contribution in [0.15, 0.2) is 18.3 Å². The van der Waals surface area contributed by atoms with Crippen LogP contribution in [0.5, 0.6) is 0 Å². The van der Waals surface area contributed by atoms with Crippen LogP contribution >= 0.6 is 23.4 Å². The Kier molecular flexibility index (Phi) is 6.17. The predicted octanol–water partition coefficient (Wildman–Crippen LogP) is 3.31. The van der Waals surface area contributed by atoms with Gasteiger partial charge in [0, 0.05) is 23.6 Å². The van der Waals surface area contributed by atoms with Gasteiger partial charge in [-0.25, -0.2) is 4.98 Å². The Labute approximate surface area is 107 Å². The fourth-order valence-corrected chi connectivity index (χ4v) is 1.95. The van der Waals surface area contributed by atoms with Crippen LogP contribution in [0.25, 0.3) is 0 Å². The molecule has 0 aliphatic carbocycles. The van der Waals surface area contributed by atoms with Crippen molar-refractivity contribution in [1.82, 2.24) is 9.88 Å². The van der Waals surface area contributed by atoms with Gasteiger partial charge in [0.1, 0.15) is 5.15 Å². The number of hydrogen-bond donors (Lipinski definition) is 0. The second-order valence-electron chi connectivity index (χ2n) is 4.03. The minimum Gasteiger partial charge on any atom is -0.302 e. The van der Waals surface area contributed by atoms with Gasteiger partial charge < -0.3 is 4.90 Å². The number of rotatable bonds is 6. The zero-order chi connectivity index (χ0) is 12.0. The van der Waals surface area contributed by atoms with E-state index in [-0.39, 0.29) is 0 Å². The molecule has 1 aromatic rings. The van der Waals surface area contributed by atoms with Gasteiger partial charge in [0.25, 0.3) is 0 Å². The average Bonchev–Trinajstić information content (AvgIpc) is 2.29. The second-order valence-corrected chi connectivity index (χ2v) is 5.66. The highest BCUT2D eigenvalue weighted by Crippen LogP contribution is 2.15. The SMILES string of the molecule is CSC(C)CCN(C)Cc1cccnc1Cl. The summed E-state index contributed by atoms with van der Waals surface area (Å²) in [5.41, 5.74) is 1.10. The van der Waals surface area contributed by atoms with Crippen molar-refractivity contribution in [2.24, 2.45) is 0 Å². The molecule has 0 saturated carbocycles. The van der Waals surface area contributed by atoms with E-state index in [2.05, 4.69) is 30.1 Å². The summed E-state index contributed by atoms with van der Waals surface area (Å²) in [5, 5.41) is 1.33. The Morgan fingerprint density at radius 1 is 1.56 bits per heavy atom. The maximum Gasteiger partial charge on any atom is 0.133 e. The lowest BCUT2D eigenvalue weighted by Crippen LogP contribution is -2.21. The molecule has 0 aliphatic heterocycles. The molecule has 4 heteroatoms. The van der Waals surface area contributed by atoms with E-state index in [1.165, 1.54) is 6.42 Å². The lowest BCUT2D eigenvalue weighted by Gasteiger charge is -2.18. The third-order valence-corrected chi connectivity index (χ3v) is 3.98. The molecule has 0 radical (unpaired) electrons. The molecule has 0 fully saturated rings. The van der Waals surface area contributed by atoms with E-state index in [0.29, 0.717) is 10.4 Å². The van der Waals surface area contributed by atoms with Crippen LogP contribution in [0.1, 0.15) is 18.9 Å². The van der Waals surface area contributed by atoms with Crippen LogP contribution in [-0.4, -0.2) is 35.0 Å². The van der Waals surface area contributed by atoms with Crippen molar-refractivity contribution in [1.29, 1.82) is 0 Å². The summed E-state index contributed by atoms with van der Waals surface area (Å²) < 4.78 is 0. The molecular weight excluding hydrogens is 240 g/mol. The fourth-order valence-electron chi connectivity index (χ4n) is 1.43. The summed E-state index contributed by atoms with van der Waals surface area (Å²) in [5.74, 6) is 0. The molecule has 0 N–H and O–H groups in total. The van der Waals surface area contributed by atoms with Gasteiger partial charge in [-0.3, -0.25) is 0 Å². The summed E-state index contributed by atoms with van der Waals surface area (Å²) in [6.07, 6.45) is 5.08. The minimum absolute atomic E-state index is 0.618. The highest BCUT2D eigenvalue weighted by Gasteiger charge is 2.06. The van der Waals surface area contributed by atoms with E-state index in [1.54, 1.807) is 6.20 Å². The first-order valence-electron chi connectivity index (χ1n) is 5.44. The van der Waals surface area contributed by atoms with E-state index < -0.39 is 0 Å². The second kappa shape index (κ2) is 7.15. The topological polar surface area (TPSA) is 16.1 Å². The smallest absolute Gasteiger partial charge is 0.133 e. The lowest BCUT2D eigenvalue weighted by molar-refractivity contribution is 0.322. The molecule has 0 bridgehead atoms. The molecule has 1 atom stereocenters. The Morgan fingerprint density at radius 2 is 2.31 bits per heavy atom. The van der Waals surface area contributed by atoms with E-state index >= 15 is 0 Å². The van der Waals surface area contributed by atoms with E-state index in [4.69, 9.17) is 11.6 Å². The number of aromatic nitrogens is 1. The van der Waals surface area contributed by atoms with Gasteiger partial charge in [-0.05, 0) is 32.3 Å². The molecule has 0 spiro atoms. The molecule has 0 aromatic carbocycles. The standard InChI is InChI=1S/C12H19ClN2S/c1-10(16-3)6-8-15(2)9-11-5-4-7-14-12(11)13/h4-5,7,10H,6,8-9H2,1-3H3. The van der Waals surface area contributed by atoms with Crippen LogP contribution in [0, 0.1) is 0 Å². The third-order valence-electron chi connectivity index (χ3n) is 2.60. The maximum absolute atomic E-state index is 6.02. The zero-order valence-corrected chi connectivity index (χ0v) is 11.7. The first-order chi connectivity index (χ1) is 7.63. The normalized spacial score (nSPS) is 13.1. The Hall–Kier alpha value is -0.250. The van der Waals surface area contributed by atoms with Crippen molar-refractivity contribution in [2.75, 3.05) is 19.8 Å². The number of nitrogens with zero attached hydrogens (tertiary/aromatic N) is 2. The molecule has 0 amide bonds. The molecule has 1 unspecified atom stereocenters. The summed E-state index contributed by atoms with van der Waals surface area (Å²) >= 11 is 7.93. The quantitative estimate of drug-likeness (QED) is 0.729. The van der Waals surface area contributed by atoms with Crippen molar-refractivity contribution < 1.29 is 0 Å². The van der Waals surface area contributed by atoms with Gasteiger partial charge >= 0.3 is 0 Å². The van der Waals surface area contributed by atoms with Crippen molar-refractivity contribution >= 4 is 23.4 Å². The summed E-state index contributed by atoms with van der Waals surface area (Å²) in [7, 11) is 2.12. The number of thioether (sulfide) groups is 1. The van der Waals surface area contributed by atoms with Crippen molar-refractivity contribution in [3.8, 4) is 0 Å². The van der Waals surface area contributed by atoms with Crippen molar-refractivity contribution in [2.45, 2.75) is 25.1 Å². The predicted molar refractivity (Wildman–Crippen MR) is 73.2 cm³/mol. The number of halogens is 1. The van der Waals surface area contributed by atoms with Gasteiger partial charge in [-0.2, -0.15) is 11.8 Å². The maximum atomic E-state index is 6.02. The van der Waals surface area contributed by atoms with Gasteiger partial charge in [0.2, 0.25) is 0 Å². The monoisotopic (exact) mass is 258 g/mol. The third kappa shape index (κ3) is 4.73. The van der Waals surface area contributed by atoms with Gasteiger partial charge in [0.05, 0.1) is 0 Å². The molecule has 1 aromatic heterocycles. The molecule has 0 saturated heterocycles. The summed E-state index contributed by atoms with van der Waals surface area (Å²) in [6.45, 7) is 4.22. The zero-order valence-electron chi connectivity index (χ0n) is 10.1. The first kappa shape index (κ1) is 13.8. The molecular formula is C12H19ClN2S. The summed E-state index contributed by atoms with van der Waals surface area (Å²) in [4.78, 5) is 6.37. The van der Waals surface area contributed by atoms with Crippen molar-refractivity contribution in [3.63, 3.8) is 0 Å². The van der Waals surface area contributed by atoms with Gasteiger partial charge in [-0.1, -0.05) is 24.6 Å². The Morgan fingerprint density at radius 3 is 2.94 bits per heavy atom. The van der Waals surface area contributed by atoms with Gasteiger partial charge in [-0.15, -0.1) is 0 Å². The molecule has 0 aliphatic rings. The van der Waals surface area contributed by atoms with Crippen LogP contribution < -0.4 is 0 Å². The number of pyridine rings is 1. The van der Waals surface area contributed by atoms with E-state index in [9.17, 15) is 0 Å². The highest BCUT2D eigenvalue weighted by atomic mass is 35.5. The van der Waals surface area contributed by atoms with Crippen LogP contribution in [0.3, 0.4) is 0 Å². The first-order valence-corrected chi connectivity index (χ1v) is 7.10. The average molecular weight is 259 g/mol. The molecule has 1 heterocycles. The Bertz CT molecular complexity index is 320. The fraction of sp³-hybridized carbons (Fsp3) is 0.583. The summed E-state index contributed by atoms with van der Waals surface area (Å²) in [6, 6.07) is 3.96. The highest BCUT2D eigenvalue weighted by molar-refractivity contribution is 7.99. The van der Waals surface area contributed by atoms with E-state index in [0.717, 1.165) is 18.7 Å². The molecule has 1 rings (SSSR count). The molecule has 90 valence electrons. The lowest BCUT2D eigenvalue weighted by atomic mass is 10.2. The minimum atomic E-state index is 0.618. The molecule has 16 heavy (non-hydrogen) atoms. The van der Waals surface area contributed by atoms with Crippen molar-refractivity contribution in [3.05, 3.63) is 29.0 Å². The van der Waals surface area contributed by atoms with Crippen LogP contribution in [-0.2, 0) is 6.54 Å².